The van der Waals surface area contributed by atoms with Crippen molar-refractivity contribution in [2.45, 2.75) is 13.8 Å². The van der Waals surface area contributed by atoms with Gasteiger partial charge in [-0.2, -0.15) is 0 Å². The number of nitrogens with two attached hydrogens (primary N) is 2. The molecule has 2 rings (SSSR count). The Morgan fingerprint density at radius 1 is 1.16 bits per heavy atom. The highest BCUT2D eigenvalue weighted by atomic mass is 35.5. The molecular weight excluding hydrogens is 265 g/mol. The third-order valence-electron chi connectivity index (χ3n) is 3.13. The van der Waals surface area contributed by atoms with Crippen LogP contribution in [0, 0.1) is 19.7 Å². The predicted molar refractivity (Wildman–Crippen MR) is 79.4 cm³/mol. The lowest BCUT2D eigenvalue weighted by atomic mass is 10.1. The van der Waals surface area contributed by atoms with Gasteiger partial charge >= 0.3 is 0 Å². The van der Waals surface area contributed by atoms with Crippen LogP contribution in [0.1, 0.15) is 11.1 Å². The molecule has 19 heavy (non-hydrogen) atoms. The highest BCUT2D eigenvalue weighted by Gasteiger charge is 2.15. The summed E-state index contributed by atoms with van der Waals surface area (Å²) in [4.78, 5) is 0. The van der Waals surface area contributed by atoms with Crippen molar-refractivity contribution in [1.82, 2.24) is 0 Å². The van der Waals surface area contributed by atoms with Crippen molar-refractivity contribution in [2.24, 2.45) is 0 Å². The maximum atomic E-state index is 14.1. The lowest BCUT2D eigenvalue weighted by Gasteiger charge is -2.15. The summed E-state index contributed by atoms with van der Waals surface area (Å²) in [7, 11) is 0. The van der Waals surface area contributed by atoms with Crippen LogP contribution in [-0.4, -0.2) is 0 Å². The third kappa shape index (κ3) is 2.44. The Kier molecular flexibility index (Phi) is 3.53. The molecule has 0 saturated heterocycles. The van der Waals surface area contributed by atoms with Gasteiger partial charge in [-0.25, -0.2) is 4.39 Å². The Labute approximate surface area is 116 Å². The molecule has 0 unspecified atom stereocenters. The Bertz CT molecular complexity index is 641. The van der Waals surface area contributed by atoms with E-state index in [4.69, 9.17) is 23.1 Å². The van der Waals surface area contributed by atoms with Crippen LogP contribution in [0.25, 0.3) is 0 Å². The fourth-order valence-electron chi connectivity index (χ4n) is 1.81. The molecule has 0 aliphatic rings. The van der Waals surface area contributed by atoms with E-state index in [9.17, 15) is 4.39 Å². The summed E-state index contributed by atoms with van der Waals surface area (Å²) in [5.74, 6) is -0.639. The topological polar surface area (TPSA) is 64.1 Å². The molecule has 0 saturated carbocycles. The van der Waals surface area contributed by atoms with Gasteiger partial charge in [0.1, 0.15) is 5.02 Å². The number of hydrogen-bond donors (Lipinski definition) is 3. The summed E-state index contributed by atoms with van der Waals surface area (Å²) < 4.78 is 14.1. The van der Waals surface area contributed by atoms with Gasteiger partial charge in [-0.05, 0) is 37.1 Å². The number of nitrogen functional groups attached to an aromatic ring is 2. The van der Waals surface area contributed by atoms with Crippen molar-refractivity contribution < 1.29 is 4.39 Å². The van der Waals surface area contributed by atoms with Gasteiger partial charge in [0, 0.05) is 5.69 Å². The first-order valence-corrected chi connectivity index (χ1v) is 6.15. The van der Waals surface area contributed by atoms with Crippen LogP contribution in [0.4, 0.5) is 27.1 Å². The van der Waals surface area contributed by atoms with E-state index in [-0.39, 0.29) is 22.1 Å². The third-order valence-corrected chi connectivity index (χ3v) is 3.51. The van der Waals surface area contributed by atoms with Crippen LogP contribution in [0.3, 0.4) is 0 Å². The molecule has 0 aliphatic heterocycles. The van der Waals surface area contributed by atoms with Gasteiger partial charge in [0.25, 0.3) is 0 Å². The van der Waals surface area contributed by atoms with Gasteiger partial charge in [0.05, 0.1) is 17.1 Å². The fourth-order valence-corrected chi connectivity index (χ4v) is 1.96. The Balaban J connectivity index is 2.50. The van der Waals surface area contributed by atoms with Crippen molar-refractivity contribution in [1.29, 1.82) is 0 Å². The van der Waals surface area contributed by atoms with E-state index >= 15 is 0 Å². The van der Waals surface area contributed by atoms with Gasteiger partial charge in [-0.1, -0.05) is 23.7 Å². The number of anilines is 4. The highest BCUT2D eigenvalue weighted by molar-refractivity contribution is 6.33. The first-order valence-electron chi connectivity index (χ1n) is 5.78. The summed E-state index contributed by atoms with van der Waals surface area (Å²) in [6.07, 6.45) is 0. The molecule has 100 valence electrons. The molecule has 0 fully saturated rings. The minimum atomic E-state index is -0.639. The second-order valence-corrected chi connectivity index (χ2v) is 4.81. The minimum Gasteiger partial charge on any atom is -0.397 e. The zero-order valence-electron chi connectivity index (χ0n) is 10.7. The average Bonchev–Trinajstić information content (AvgIpc) is 2.37. The van der Waals surface area contributed by atoms with Crippen molar-refractivity contribution in [2.75, 3.05) is 16.8 Å². The quantitative estimate of drug-likeness (QED) is 0.728. The van der Waals surface area contributed by atoms with Gasteiger partial charge in [-0.3, -0.25) is 0 Å². The standard InChI is InChI=1S/C14H15ClFN3/c1-7-4-3-5-11(8(7)2)19-14-10(18)6-9(17)12(15)13(14)16/h3-6,19H,17-18H2,1-2H3. The molecule has 2 aromatic carbocycles. The number of rotatable bonds is 2. The van der Waals surface area contributed by atoms with Crippen molar-refractivity contribution >= 4 is 34.4 Å². The Morgan fingerprint density at radius 3 is 2.53 bits per heavy atom. The fraction of sp³-hybridized carbons (Fsp3) is 0.143. The van der Waals surface area contributed by atoms with E-state index in [1.165, 1.54) is 6.07 Å². The molecule has 0 aromatic heterocycles. The van der Waals surface area contributed by atoms with Crippen molar-refractivity contribution in [3.8, 4) is 0 Å². The van der Waals surface area contributed by atoms with Gasteiger partial charge in [0.15, 0.2) is 5.82 Å². The van der Waals surface area contributed by atoms with Crippen LogP contribution < -0.4 is 16.8 Å². The Morgan fingerprint density at radius 2 is 1.84 bits per heavy atom. The largest absolute Gasteiger partial charge is 0.397 e. The van der Waals surface area contributed by atoms with E-state index in [0.717, 1.165) is 16.8 Å². The second kappa shape index (κ2) is 4.97. The van der Waals surface area contributed by atoms with E-state index in [0.29, 0.717) is 0 Å². The number of hydrogen-bond acceptors (Lipinski definition) is 3. The van der Waals surface area contributed by atoms with Gasteiger partial charge in [-0.15, -0.1) is 0 Å². The first kappa shape index (κ1) is 13.5. The molecule has 0 aliphatic carbocycles. The monoisotopic (exact) mass is 279 g/mol. The molecule has 5 heteroatoms. The molecule has 0 spiro atoms. The minimum absolute atomic E-state index is 0.123. The predicted octanol–water partition coefficient (Wildman–Crippen LogP) is 4.00. The molecule has 5 N–H and O–H groups in total. The molecular formula is C14H15ClFN3. The summed E-state index contributed by atoms with van der Waals surface area (Å²) >= 11 is 5.80. The molecule has 0 amide bonds. The molecule has 0 bridgehead atoms. The van der Waals surface area contributed by atoms with Crippen LogP contribution in [-0.2, 0) is 0 Å². The second-order valence-electron chi connectivity index (χ2n) is 4.43. The molecule has 0 atom stereocenters. The first-order chi connectivity index (χ1) is 8.91. The number of aryl methyl sites for hydroxylation is 1. The SMILES string of the molecule is Cc1cccc(Nc2c(N)cc(N)c(Cl)c2F)c1C. The number of halogens is 2. The zero-order valence-corrected chi connectivity index (χ0v) is 11.5. The van der Waals surface area contributed by atoms with Crippen molar-refractivity contribution in [3.63, 3.8) is 0 Å². The van der Waals surface area contributed by atoms with Gasteiger partial charge in [0.2, 0.25) is 0 Å². The molecule has 3 nitrogen and oxygen atoms in total. The summed E-state index contributed by atoms with van der Waals surface area (Å²) in [5, 5.41) is 2.85. The van der Waals surface area contributed by atoms with Crippen LogP contribution in [0.5, 0.6) is 0 Å². The van der Waals surface area contributed by atoms with E-state index in [1.807, 2.05) is 32.0 Å². The van der Waals surface area contributed by atoms with Crippen LogP contribution in [0.15, 0.2) is 24.3 Å². The average molecular weight is 280 g/mol. The maximum absolute atomic E-state index is 14.1. The lowest BCUT2D eigenvalue weighted by molar-refractivity contribution is 0.633. The molecule has 0 radical (unpaired) electrons. The van der Waals surface area contributed by atoms with Gasteiger partial charge < -0.3 is 16.8 Å². The summed E-state index contributed by atoms with van der Waals surface area (Å²) in [6.45, 7) is 3.93. The van der Waals surface area contributed by atoms with E-state index < -0.39 is 5.82 Å². The summed E-state index contributed by atoms with van der Waals surface area (Å²) in [5.41, 5.74) is 14.7. The highest BCUT2D eigenvalue weighted by Crippen LogP contribution is 2.36. The number of nitrogens with one attached hydrogen (secondary N) is 1. The zero-order chi connectivity index (χ0) is 14.2. The van der Waals surface area contributed by atoms with Crippen LogP contribution >= 0.6 is 11.6 Å². The normalized spacial score (nSPS) is 10.5. The maximum Gasteiger partial charge on any atom is 0.169 e. The molecule has 0 heterocycles. The number of benzene rings is 2. The smallest absolute Gasteiger partial charge is 0.169 e. The Hall–Kier alpha value is -1.94. The lowest BCUT2D eigenvalue weighted by Crippen LogP contribution is -2.04. The van der Waals surface area contributed by atoms with Crippen LogP contribution in [0.2, 0.25) is 5.02 Å². The van der Waals surface area contributed by atoms with E-state index in [2.05, 4.69) is 5.32 Å². The molecule has 2 aromatic rings. The van der Waals surface area contributed by atoms with Crippen molar-refractivity contribution in [3.05, 3.63) is 46.2 Å². The van der Waals surface area contributed by atoms with E-state index in [1.54, 1.807) is 0 Å². The summed E-state index contributed by atoms with van der Waals surface area (Å²) in [6, 6.07) is 7.16.